The molecule has 0 unspecified atom stereocenters. The van der Waals surface area contributed by atoms with E-state index in [1.54, 1.807) is 12.1 Å². The van der Waals surface area contributed by atoms with Crippen LogP contribution >= 0.6 is 0 Å². The van der Waals surface area contributed by atoms with Crippen molar-refractivity contribution in [2.24, 2.45) is 5.92 Å². The molecule has 0 spiro atoms. The molecule has 1 aliphatic rings. The summed E-state index contributed by atoms with van der Waals surface area (Å²) in [4.78, 5) is 0. The number of nitrogens with zero attached hydrogens (tertiary/aromatic N) is 3. The Morgan fingerprint density at radius 3 is 2.32 bits per heavy atom. The van der Waals surface area contributed by atoms with Crippen molar-refractivity contribution in [3.8, 4) is 17.3 Å². The van der Waals surface area contributed by atoms with Crippen molar-refractivity contribution in [3.63, 3.8) is 0 Å². The topological polar surface area (TPSA) is 49.6 Å². The molecule has 0 atom stereocenters. The second kappa shape index (κ2) is 8.71. The van der Waals surface area contributed by atoms with Crippen LogP contribution in [0.4, 0.5) is 4.39 Å². The normalized spacial score (nSPS) is 20.2. The van der Waals surface area contributed by atoms with E-state index in [-0.39, 0.29) is 6.67 Å². The van der Waals surface area contributed by atoms with E-state index in [9.17, 15) is 4.39 Å². The van der Waals surface area contributed by atoms with Crippen molar-refractivity contribution in [2.75, 3.05) is 6.67 Å². The zero-order valence-electron chi connectivity index (χ0n) is 14.5. The number of halogens is 1. The lowest BCUT2D eigenvalue weighted by Crippen LogP contribution is -2.14. The van der Waals surface area contributed by atoms with E-state index in [0.717, 1.165) is 42.1 Å². The van der Waals surface area contributed by atoms with Crippen LogP contribution in [0.2, 0.25) is 0 Å². The molecule has 0 radical (unpaired) electrons. The van der Waals surface area contributed by atoms with Crippen LogP contribution in [0.1, 0.15) is 62.1 Å². The Balaban J connectivity index is 1.57. The lowest BCUT2D eigenvalue weighted by molar-refractivity contribution is 0.295. The Morgan fingerprint density at radius 2 is 1.72 bits per heavy atom. The monoisotopic (exact) mass is 337 g/mol. The summed E-state index contributed by atoms with van der Waals surface area (Å²) in [6.07, 6.45) is 7.65. The predicted molar refractivity (Wildman–Crippen MR) is 96.7 cm³/mol. The van der Waals surface area contributed by atoms with Gasteiger partial charge in [0.25, 0.3) is 0 Å². The molecule has 0 N–H and O–H groups in total. The van der Waals surface area contributed by atoms with Gasteiger partial charge in [0.2, 0.25) is 0 Å². The first kappa shape index (κ1) is 17.5. The first-order valence-electron chi connectivity index (χ1n) is 9.20. The SMILES string of the molecule is N#Cc1ccc(-c2ccc(C3CCC(CCCCF)CC3)nn2)cc1. The molecule has 1 aromatic carbocycles. The van der Waals surface area contributed by atoms with Crippen molar-refractivity contribution in [2.45, 2.75) is 50.9 Å². The second-order valence-corrected chi connectivity index (χ2v) is 6.94. The van der Waals surface area contributed by atoms with Crippen molar-refractivity contribution in [1.82, 2.24) is 10.2 Å². The lowest BCUT2D eigenvalue weighted by atomic mass is 9.78. The fraction of sp³-hybridized carbons (Fsp3) is 0.476. The Hall–Kier alpha value is -2.28. The standard InChI is InChI=1S/C21H24FN3/c22-14-2-1-3-16-4-8-18(9-5-16)20-12-13-21(25-24-20)19-10-6-17(15-23)7-11-19/h6-7,10-13,16,18H,1-5,8-9,14H2. The van der Waals surface area contributed by atoms with Crippen LogP contribution < -0.4 is 0 Å². The third kappa shape index (κ3) is 4.63. The highest BCUT2D eigenvalue weighted by molar-refractivity contribution is 5.59. The third-order valence-corrected chi connectivity index (χ3v) is 5.26. The van der Waals surface area contributed by atoms with Crippen LogP contribution in [0.3, 0.4) is 0 Å². The molecule has 130 valence electrons. The minimum Gasteiger partial charge on any atom is -0.251 e. The quantitative estimate of drug-likeness (QED) is 0.660. The summed E-state index contributed by atoms with van der Waals surface area (Å²) < 4.78 is 12.2. The number of hydrogen-bond acceptors (Lipinski definition) is 3. The summed E-state index contributed by atoms with van der Waals surface area (Å²) in [7, 11) is 0. The van der Waals surface area contributed by atoms with E-state index in [1.165, 1.54) is 19.3 Å². The summed E-state index contributed by atoms with van der Waals surface area (Å²) in [6, 6.07) is 13.7. The highest BCUT2D eigenvalue weighted by Gasteiger charge is 2.23. The van der Waals surface area contributed by atoms with Crippen LogP contribution in [0, 0.1) is 17.2 Å². The number of alkyl halides is 1. The van der Waals surface area contributed by atoms with Crippen molar-refractivity contribution in [1.29, 1.82) is 5.26 Å². The van der Waals surface area contributed by atoms with Gasteiger partial charge in [0, 0.05) is 11.5 Å². The van der Waals surface area contributed by atoms with E-state index < -0.39 is 0 Å². The largest absolute Gasteiger partial charge is 0.251 e. The van der Waals surface area contributed by atoms with E-state index in [0.29, 0.717) is 17.9 Å². The molecule has 4 heteroatoms. The van der Waals surface area contributed by atoms with Crippen LogP contribution in [-0.2, 0) is 0 Å². The van der Waals surface area contributed by atoms with Gasteiger partial charge in [-0.3, -0.25) is 4.39 Å². The maximum absolute atomic E-state index is 12.2. The Bertz CT molecular complexity index is 695. The number of benzene rings is 1. The number of aromatic nitrogens is 2. The minimum atomic E-state index is -0.184. The number of rotatable bonds is 6. The van der Waals surface area contributed by atoms with Gasteiger partial charge in [-0.25, -0.2) is 0 Å². The van der Waals surface area contributed by atoms with E-state index in [1.807, 2.05) is 18.2 Å². The first-order chi connectivity index (χ1) is 12.3. The number of unbranched alkanes of at least 4 members (excludes halogenated alkanes) is 1. The molecule has 0 bridgehead atoms. The van der Waals surface area contributed by atoms with Gasteiger partial charge in [-0.05, 0) is 62.3 Å². The molecule has 1 aromatic heterocycles. The minimum absolute atomic E-state index is 0.184. The lowest BCUT2D eigenvalue weighted by Gasteiger charge is -2.27. The average Bonchev–Trinajstić information content (AvgIpc) is 2.69. The zero-order valence-corrected chi connectivity index (χ0v) is 14.5. The van der Waals surface area contributed by atoms with Gasteiger partial charge in [0.1, 0.15) is 0 Å². The fourth-order valence-electron chi connectivity index (χ4n) is 3.70. The molecule has 0 saturated heterocycles. The molecule has 2 aromatic rings. The third-order valence-electron chi connectivity index (χ3n) is 5.26. The Morgan fingerprint density at radius 1 is 0.960 bits per heavy atom. The van der Waals surface area contributed by atoms with Gasteiger partial charge in [-0.1, -0.05) is 25.0 Å². The Kier molecular flexibility index (Phi) is 6.11. The predicted octanol–water partition coefficient (Wildman–Crippen LogP) is 5.43. The highest BCUT2D eigenvalue weighted by Crippen LogP contribution is 2.37. The molecule has 3 rings (SSSR count). The molecule has 25 heavy (non-hydrogen) atoms. The van der Waals surface area contributed by atoms with Crippen molar-refractivity contribution >= 4 is 0 Å². The molecule has 0 amide bonds. The van der Waals surface area contributed by atoms with Gasteiger partial charge in [-0.2, -0.15) is 15.5 Å². The maximum Gasteiger partial charge on any atom is 0.0991 e. The summed E-state index contributed by atoms with van der Waals surface area (Å²) >= 11 is 0. The molecule has 1 saturated carbocycles. The molecular weight excluding hydrogens is 313 g/mol. The van der Waals surface area contributed by atoms with Crippen molar-refractivity contribution < 1.29 is 4.39 Å². The highest BCUT2D eigenvalue weighted by atomic mass is 19.1. The molecule has 0 aliphatic heterocycles. The van der Waals surface area contributed by atoms with Gasteiger partial charge < -0.3 is 0 Å². The van der Waals surface area contributed by atoms with Gasteiger partial charge in [-0.15, -0.1) is 0 Å². The first-order valence-corrected chi connectivity index (χ1v) is 9.20. The van der Waals surface area contributed by atoms with Gasteiger partial charge in [0.05, 0.1) is 29.7 Å². The number of hydrogen-bond donors (Lipinski definition) is 0. The fourth-order valence-corrected chi connectivity index (χ4v) is 3.70. The van der Waals surface area contributed by atoms with Crippen LogP contribution in [-0.4, -0.2) is 16.9 Å². The van der Waals surface area contributed by atoms with Crippen molar-refractivity contribution in [3.05, 3.63) is 47.7 Å². The summed E-state index contributed by atoms with van der Waals surface area (Å²) in [5, 5.41) is 17.7. The van der Waals surface area contributed by atoms with Crippen LogP contribution in [0.5, 0.6) is 0 Å². The average molecular weight is 337 g/mol. The summed E-state index contributed by atoms with van der Waals surface area (Å²) in [5.41, 5.74) is 3.55. The van der Waals surface area contributed by atoms with E-state index >= 15 is 0 Å². The molecule has 1 fully saturated rings. The zero-order chi connectivity index (χ0) is 17.5. The molecular formula is C21H24FN3. The van der Waals surface area contributed by atoms with Gasteiger partial charge in [0.15, 0.2) is 0 Å². The Labute approximate surface area is 148 Å². The van der Waals surface area contributed by atoms with Crippen LogP contribution in [0.25, 0.3) is 11.3 Å². The van der Waals surface area contributed by atoms with E-state index in [4.69, 9.17) is 5.26 Å². The summed E-state index contributed by atoms with van der Waals surface area (Å²) in [5.74, 6) is 1.26. The maximum atomic E-state index is 12.2. The van der Waals surface area contributed by atoms with Crippen LogP contribution in [0.15, 0.2) is 36.4 Å². The second-order valence-electron chi connectivity index (χ2n) is 6.94. The smallest absolute Gasteiger partial charge is 0.0991 e. The molecule has 3 nitrogen and oxygen atoms in total. The number of nitriles is 1. The summed E-state index contributed by atoms with van der Waals surface area (Å²) in [6.45, 7) is -0.184. The van der Waals surface area contributed by atoms with Gasteiger partial charge >= 0.3 is 0 Å². The molecule has 1 heterocycles. The van der Waals surface area contributed by atoms with E-state index in [2.05, 4.69) is 22.3 Å². The molecule has 1 aliphatic carbocycles.